The SMILES string of the molecule is O=C(CNC(=O)C(Cc1cccnc1)c1ccc(F)cc1)Nc1ccccc1. The van der Waals surface area contributed by atoms with Gasteiger partial charge in [0.1, 0.15) is 5.82 Å². The van der Waals surface area contributed by atoms with Crippen LogP contribution in [-0.2, 0) is 16.0 Å². The minimum atomic E-state index is -0.561. The zero-order chi connectivity index (χ0) is 19.8. The molecule has 28 heavy (non-hydrogen) atoms. The van der Waals surface area contributed by atoms with E-state index >= 15 is 0 Å². The Bertz CT molecular complexity index is 916. The molecule has 142 valence electrons. The van der Waals surface area contributed by atoms with Crippen LogP contribution in [0, 0.1) is 5.82 Å². The third kappa shape index (κ3) is 5.48. The van der Waals surface area contributed by atoms with Gasteiger partial charge in [-0.3, -0.25) is 14.6 Å². The van der Waals surface area contributed by atoms with Gasteiger partial charge < -0.3 is 10.6 Å². The van der Waals surface area contributed by atoms with Gasteiger partial charge >= 0.3 is 0 Å². The lowest BCUT2D eigenvalue weighted by Gasteiger charge is -2.17. The Morgan fingerprint density at radius 3 is 2.39 bits per heavy atom. The number of carbonyl (C=O) groups is 2. The van der Waals surface area contributed by atoms with E-state index in [-0.39, 0.29) is 24.2 Å². The van der Waals surface area contributed by atoms with Crippen molar-refractivity contribution in [2.45, 2.75) is 12.3 Å². The highest BCUT2D eigenvalue weighted by Gasteiger charge is 2.22. The Balaban J connectivity index is 1.67. The molecule has 5 nitrogen and oxygen atoms in total. The van der Waals surface area contributed by atoms with Crippen molar-refractivity contribution in [2.24, 2.45) is 0 Å². The van der Waals surface area contributed by atoms with Crippen molar-refractivity contribution in [3.8, 4) is 0 Å². The highest BCUT2D eigenvalue weighted by Crippen LogP contribution is 2.21. The largest absolute Gasteiger partial charge is 0.346 e. The van der Waals surface area contributed by atoms with Crippen LogP contribution in [0.4, 0.5) is 10.1 Å². The summed E-state index contributed by atoms with van der Waals surface area (Å²) in [6, 6.07) is 18.5. The fraction of sp³-hybridized carbons (Fsp3) is 0.136. The Hall–Kier alpha value is -3.54. The summed E-state index contributed by atoms with van der Waals surface area (Å²) in [7, 11) is 0. The minimum Gasteiger partial charge on any atom is -0.346 e. The molecule has 0 spiro atoms. The third-order valence-electron chi connectivity index (χ3n) is 4.23. The Kier molecular flexibility index (Phi) is 6.46. The number of benzene rings is 2. The summed E-state index contributed by atoms with van der Waals surface area (Å²) in [5.41, 5.74) is 2.21. The number of rotatable bonds is 7. The quantitative estimate of drug-likeness (QED) is 0.664. The number of carbonyl (C=O) groups excluding carboxylic acids is 2. The van der Waals surface area contributed by atoms with Gasteiger partial charge in [0.15, 0.2) is 0 Å². The molecule has 3 aromatic rings. The highest BCUT2D eigenvalue weighted by molar-refractivity contribution is 5.95. The molecule has 0 aliphatic rings. The molecule has 3 rings (SSSR count). The van der Waals surface area contributed by atoms with Crippen molar-refractivity contribution < 1.29 is 14.0 Å². The molecule has 1 heterocycles. The lowest BCUT2D eigenvalue weighted by molar-refractivity contribution is -0.125. The number of para-hydroxylation sites is 1. The zero-order valence-corrected chi connectivity index (χ0v) is 15.1. The number of anilines is 1. The van der Waals surface area contributed by atoms with Gasteiger partial charge in [0.25, 0.3) is 0 Å². The first-order valence-corrected chi connectivity index (χ1v) is 8.89. The molecule has 1 aromatic heterocycles. The molecule has 1 atom stereocenters. The van der Waals surface area contributed by atoms with Crippen molar-refractivity contribution in [1.29, 1.82) is 0 Å². The summed E-state index contributed by atoms with van der Waals surface area (Å²) in [5, 5.41) is 5.39. The van der Waals surface area contributed by atoms with Crippen LogP contribution in [0.2, 0.25) is 0 Å². The first kappa shape index (κ1) is 19.2. The molecule has 0 fully saturated rings. The van der Waals surface area contributed by atoms with E-state index in [1.165, 1.54) is 12.1 Å². The van der Waals surface area contributed by atoms with Crippen molar-refractivity contribution in [2.75, 3.05) is 11.9 Å². The second-order valence-corrected chi connectivity index (χ2v) is 6.30. The maximum atomic E-state index is 13.3. The zero-order valence-electron chi connectivity index (χ0n) is 15.1. The number of hydrogen-bond acceptors (Lipinski definition) is 3. The fourth-order valence-corrected chi connectivity index (χ4v) is 2.83. The second kappa shape index (κ2) is 9.41. The average Bonchev–Trinajstić information content (AvgIpc) is 2.72. The molecule has 2 amide bonds. The van der Waals surface area contributed by atoms with Crippen LogP contribution in [0.5, 0.6) is 0 Å². The van der Waals surface area contributed by atoms with Crippen LogP contribution in [0.1, 0.15) is 17.0 Å². The average molecular weight is 377 g/mol. The predicted molar refractivity (Wildman–Crippen MR) is 105 cm³/mol. The monoisotopic (exact) mass is 377 g/mol. The lowest BCUT2D eigenvalue weighted by Crippen LogP contribution is -2.36. The van der Waals surface area contributed by atoms with Crippen molar-refractivity contribution in [1.82, 2.24) is 10.3 Å². The van der Waals surface area contributed by atoms with Crippen LogP contribution in [0.3, 0.4) is 0 Å². The molecule has 0 bridgehead atoms. The maximum absolute atomic E-state index is 13.3. The topological polar surface area (TPSA) is 71.1 Å². The van der Waals surface area contributed by atoms with Crippen LogP contribution in [-0.4, -0.2) is 23.3 Å². The predicted octanol–water partition coefficient (Wildman–Crippen LogP) is 3.30. The molecule has 0 saturated carbocycles. The lowest BCUT2D eigenvalue weighted by atomic mass is 9.91. The van der Waals surface area contributed by atoms with Crippen molar-refractivity contribution in [3.05, 3.63) is 96.1 Å². The van der Waals surface area contributed by atoms with E-state index in [1.807, 2.05) is 24.3 Å². The Morgan fingerprint density at radius 1 is 0.964 bits per heavy atom. The van der Waals surface area contributed by atoms with E-state index in [0.717, 1.165) is 5.56 Å². The van der Waals surface area contributed by atoms with Crippen molar-refractivity contribution in [3.63, 3.8) is 0 Å². The summed E-state index contributed by atoms with van der Waals surface area (Å²) in [5.74, 6) is -1.56. The first-order chi connectivity index (χ1) is 13.6. The van der Waals surface area contributed by atoms with Crippen molar-refractivity contribution >= 4 is 17.5 Å². The van der Waals surface area contributed by atoms with Gasteiger partial charge in [0.2, 0.25) is 11.8 Å². The van der Waals surface area contributed by atoms with Crippen LogP contribution in [0.15, 0.2) is 79.1 Å². The first-order valence-electron chi connectivity index (χ1n) is 8.89. The number of halogens is 1. The van der Waals surface area contributed by atoms with E-state index in [1.54, 1.807) is 42.7 Å². The summed E-state index contributed by atoms with van der Waals surface area (Å²) >= 11 is 0. The molecule has 0 saturated heterocycles. The van der Waals surface area contributed by atoms with E-state index in [4.69, 9.17) is 0 Å². The van der Waals surface area contributed by atoms with Crippen LogP contribution < -0.4 is 10.6 Å². The smallest absolute Gasteiger partial charge is 0.243 e. The molecular formula is C22H20FN3O2. The fourth-order valence-electron chi connectivity index (χ4n) is 2.83. The summed E-state index contributed by atoms with van der Waals surface area (Å²) in [6.07, 6.45) is 3.74. The van der Waals surface area contributed by atoms with E-state index < -0.39 is 5.92 Å². The van der Waals surface area contributed by atoms with E-state index in [2.05, 4.69) is 15.6 Å². The normalized spacial score (nSPS) is 11.5. The van der Waals surface area contributed by atoms with E-state index in [9.17, 15) is 14.0 Å². The number of pyridine rings is 1. The van der Waals surface area contributed by atoms with Gasteiger partial charge in [0.05, 0.1) is 12.5 Å². The summed E-state index contributed by atoms with van der Waals surface area (Å²) in [6.45, 7) is -0.154. The number of nitrogens with zero attached hydrogens (tertiary/aromatic N) is 1. The Morgan fingerprint density at radius 2 is 1.71 bits per heavy atom. The van der Waals surface area contributed by atoms with Gasteiger partial charge in [-0.2, -0.15) is 0 Å². The number of amides is 2. The Labute approximate surface area is 162 Å². The standard InChI is InChI=1S/C22H20FN3O2/c23-18-10-8-17(9-11-18)20(13-16-5-4-12-24-14-16)22(28)25-15-21(27)26-19-6-2-1-3-7-19/h1-12,14,20H,13,15H2,(H,25,28)(H,26,27). The van der Waals surface area contributed by atoms with Gasteiger partial charge in [-0.25, -0.2) is 4.39 Å². The highest BCUT2D eigenvalue weighted by atomic mass is 19.1. The molecule has 0 aliphatic carbocycles. The second-order valence-electron chi connectivity index (χ2n) is 6.30. The molecule has 1 unspecified atom stereocenters. The van der Waals surface area contributed by atoms with E-state index in [0.29, 0.717) is 17.7 Å². The summed E-state index contributed by atoms with van der Waals surface area (Å²) in [4.78, 5) is 28.9. The molecular weight excluding hydrogens is 357 g/mol. The maximum Gasteiger partial charge on any atom is 0.243 e. The summed E-state index contributed by atoms with van der Waals surface area (Å²) < 4.78 is 13.3. The molecule has 0 aliphatic heterocycles. The molecule has 2 N–H and O–H groups in total. The molecule has 2 aromatic carbocycles. The van der Waals surface area contributed by atoms with Crippen LogP contribution >= 0.6 is 0 Å². The number of aromatic nitrogens is 1. The van der Waals surface area contributed by atoms with Gasteiger partial charge in [-0.05, 0) is 47.9 Å². The number of nitrogens with one attached hydrogen (secondary N) is 2. The van der Waals surface area contributed by atoms with Gasteiger partial charge in [0, 0.05) is 18.1 Å². The van der Waals surface area contributed by atoms with Crippen LogP contribution in [0.25, 0.3) is 0 Å². The molecule has 0 radical (unpaired) electrons. The number of hydrogen-bond donors (Lipinski definition) is 2. The van der Waals surface area contributed by atoms with Gasteiger partial charge in [-0.15, -0.1) is 0 Å². The van der Waals surface area contributed by atoms with Gasteiger partial charge in [-0.1, -0.05) is 36.4 Å². The third-order valence-corrected chi connectivity index (χ3v) is 4.23. The minimum absolute atomic E-state index is 0.154. The molecule has 6 heteroatoms.